The van der Waals surface area contributed by atoms with Crippen LogP contribution in [0, 0.1) is 5.92 Å². The van der Waals surface area contributed by atoms with Crippen LogP contribution in [0.2, 0.25) is 0 Å². The van der Waals surface area contributed by atoms with Crippen LogP contribution < -0.4 is 5.73 Å². The largest absolute Gasteiger partial charge is 0.326 e. The fourth-order valence-corrected chi connectivity index (χ4v) is 1.92. The Kier molecular flexibility index (Phi) is 4.20. The van der Waals surface area contributed by atoms with Gasteiger partial charge in [0.05, 0.1) is 0 Å². The maximum absolute atomic E-state index is 6.01. The average Bonchev–Trinajstić information content (AvgIpc) is 2.08. The third-order valence-electron chi connectivity index (χ3n) is 3.56. The van der Waals surface area contributed by atoms with Gasteiger partial charge in [0.2, 0.25) is 0 Å². The monoisotopic (exact) mass is 184 g/mol. The van der Waals surface area contributed by atoms with Crippen molar-refractivity contribution in [3.8, 4) is 0 Å². The average molecular weight is 184 g/mol. The fraction of sp³-hybridized carbons (Fsp3) is 1.00. The van der Waals surface area contributed by atoms with Crippen molar-refractivity contribution < 1.29 is 0 Å². The van der Waals surface area contributed by atoms with Gasteiger partial charge in [-0.2, -0.15) is 0 Å². The van der Waals surface area contributed by atoms with Crippen LogP contribution in [-0.2, 0) is 0 Å². The SMILES string of the molecule is CCC(N)C(C)N(C)CC1CCC1. The van der Waals surface area contributed by atoms with E-state index in [1.807, 2.05) is 0 Å². The molecule has 2 nitrogen and oxygen atoms in total. The summed E-state index contributed by atoms with van der Waals surface area (Å²) >= 11 is 0. The van der Waals surface area contributed by atoms with E-state index in [-0.39, 0.29) is 0 Å². The molecule has 0 aliphatic heterocycles. The van der Waals surface area contributed by atoms with E-state index in [4.69, 9.17) is 5.73 Å². The summed E-state index contributed by atoms with van der Waals surface area (Å²) in [5, 5.41) is 0. The topological polar surface area (TPSA) is 29.3 Å². The molecule has 0 aromatic rings. The molecular weight excluding hydrogens is 160 g/mol. The van der Waals surface area contributed by atoms with Crippen molar-refractivity contribution in [1.82, 2.24) is 4.90 Å². The Balaban J connectivity index is 2.23. The first-order chi connectivity index (χ1) is 6.15. The van der Waals surface area contributed by atoms with Crippen molar-refractivity contribution in [1.29, 1.82) is 0 Å². The standard InChI is InChI=1S/C11H24N2/c1-4-11(12)9(2)13(3)8-10-6-5-7-10/h9-11H,4-8,12H2,1-3H3. The lowest BCUT2D eigenvalue weighted by atomic mass is 9.85. The summed E-state index contributed by atoms with van der Waals surface area (Å²) in [6.45, 7) is 5.65. The van der Waals surface area contributed by atoms with E-state index in [1.165, 1.54) is 25.8 Å². The molecule has 1 saturated carbocycles. The molecule has 0 bridgehead atoms. The molecule has 1 rings (SSSR count). The number of rotatable bonds is 5. The smallest absolute Gasteiger partial charge is 0.0215 e. The first-order valence-corrected chi connectivity index (χ1v) is 5.61. The normalized spacial score (nSPS) is 22.8. The minimum Gasteiger partial charge on any atom is -0.326 e. The Bertz CT molecular complexity index is 143. The van der Waals surface area contributed by atoms with Gasteiger partial charge in [-0.15, -0.1) is 0 Å². The molecular formula is C11H24N2. The zero-order valence-corrected chi connectivity index (χ0v) is 9.29. The van der Waals surface area contributed by atoms with E-state index in [0.717, 1.165) is 12.3 Å². The van der Waals surface area contributed by atoms with Gasteiger partial charge in [0.25, 0.3) is 0 Å². The Morgan fingerprint density at radius 3 is 2.46 bits per heavy atom. The van der Waals surface area contributed by atoms with Gasteiger partial charge in [-0.3, -0.25) is 0 Å². The molecule has 13 heavy (non-hydrogen) atoms. The predicted octanol–water partition coefficient (Wildman–Crippen LogP) is 1.84. The third-order valence-corrected chi connectivity index (χ3v) is 3.56. The van der Waals surface area contributed by atoms with Gasteiger partial charge in [0, 0.05) is 18.6 Å². The molecule has 0 heterocycles. The van der Waals surface area contributed by atoms with Crippen LogP contribution in [-0.4, -0.2) is 30.6 Å². The number of likely N-dealkylation sites (N-methyl/N-ethyl adjacent to an activating group) is 1. The molecule has 0 spiro atoms. The van der Waals surface area contributed by atoms with Crippen LogP contribution in [0.25, 0.3) is 0 Å². The molecule has 0 radical (unpaired) electrons. The van der Waals surface area contributed by atoms with Gasteiger partial charge in [-0.25, -0.2) is 0 Å². The lowest BCUT2D eigenvalue weighted by Crippen LogP contribution is -2.46. The van der Waals surface area contributed by atoms with Crippen molar-refractivity contribution in [2.45, 2.75) is 51.6 Å². The van der Waals surface area contributed by atoms with E-state index in [9.17, 15) is 0 Å². The summed E-state index contributed by atoms with van der Waals surface area (Å²) in [6.07, 6.45) is 5.37. The predicted molar refractivity (Wildman–Crippen MR) is 57.7 cm³/mol. The second-order valence-electron chi connectivity index (χ2n) is 4.55. The lowest BCUT2D eigenvalue weighted by molar-refractivity contribution is 0.153. The highest BCUT2D eigenvalue weighted by molar-refractivity contribution is 4.79. The molecule has 1 aliphatic carbocycles. The van der Waals surface area contributed by atoms with Crippen molar-refractivity contribution in [3.63, 3.8) is 0 Å². The summed E-state index contributed by atoms with van der Waals surface area (Å²) < 4.78 is 0. The number of nitrogens with zero attached hydrogens (tertiary/aromatic N) is 1. The van der Waals surface area contributed by atoms with Gasteiger partial charge in [0.1, 0.15) is 0 Å². The Labute approximate surface area is 82.5 Å². The highest BCUT2D eigenvalue weighted by Crippen LogP contribution is 2.27. The van der Waals surface area contributed by atoms with E-state index < -0.39 is 0 Å². The van der Waals surface area contributed by atoms with E-state index in [2.05, 4.69) is 25.8 Å². The molecule has 0 aromatic heterocycles. The van der Waals surface area contributed by atoms with Crippen molar-refractivity contribution in [3.05, 3.63) is 0 Å². The zero-order valence-electron chi connectivity index (χ0n) is 9.29. The van der Waals surface area contributed by atoms with Crippen LogP contribution in [0.4, 0.5) is 0 Å². The molecule has 0 saturated heterocycles. The Morgan fingerprint density at radius 1 is 1.46 bits per heavy atom. The Hall–Kier alpha value is -0.0800. The molecule has 1 fully saturated rings. The number of hydrogen-bond donors (Lipinski definition) is 1. The lowest BCUT2D eigenvalue weighted by Gasteiger charge is -2.35. The molecule has 0 aromatic carbocycles. The summed E-state index contributed by atoms with van der Waals surface area (Å²) in [6, 6.07) is 0.871. The van der Waals surface area contributed by atoms with Gasteiger partial charge < -0.3 is 10.6 Å². The highest BCUT2D eigenvalue weighted by Gasteiger charge is 2.23. The Morgan fingerprint density at radius 2 is 2.08 bits per heavy atom. The quantitative estimate of drug-likeness (QED) is 0.706. The zero-order chi connectivity index (χ0) is 9.84. The van der Waals surface area contributed by atoms with Gasteiger partial charge in [0.15, 0.2) is 0 Å². The van der Waals surface area contributed by atoms with E-state index >= 15 is 0 Å². The van der Waals surface area contributed by atoms with Crippen molar-refractivity contribution in [2.24, 2.45) is 11.7 Å². The van der Waals surface area contributed by atoms with Crippen LogP contribution in [0.1, 0.15) is 39.5 Å². The van der Waals surface area contributed by atoms with Crippen LogP contribution in [0.5, 0.6) is 0 Å². The maximum atomic E-state index is 6.01. The summed E-state index contributed by atoms with van der Waals surface area (Å²) in [5.41, 5.74) is 6.01. The van der Waals surface area contributed by atoms with Gasteiger partial charge in [-0.05, 0) is 39.2 Å². The van der Waals surface area contributed by atoms with Gasteiger partial charge in [-0.1, -0.05) is 13.3 Å². The summed E-state index contributed by atoms with van der Waals surface area (Å²) in [5.74, 6) is 0.955. The molecule has 0 amide bonds. The summed E-state index contributed by atoms with van der Waals surface area (Å²) in [4.78, 5) is 2.43. The minimum atomic E-state index is 0.338. The van der Waals surface area contributed by atoms with E-state index in [1.54, 1.807) is 0 Å². The number of hydrogen-bond acceptors (Lipinski definition) is 2. The van der Waals surface area contributed by atoms with Crippen LogP contribution >= 0.6 is 0 Å². The van der Waals surface area contributed by atoms with Crippen LogP contribution in [0.15, 0.2) is 0 Å². The first-order valence-electron chi connectivity index (χ1n) is 5.61. The fourth-order valence-electron chi connectivity index (χ4n) is 1.92. The maximum Gasteiger partial charge on any atom is 0.0215 e. The second-order valence-corrected chi connectivity index (χ2v) is 4.55. The van der Waals surface area contributed by atoms with Crippen molar-refractivity contribution >= 4 is 0 Å². The van der Waals surface area contributed by atoms with Crippen LogP contribution in [0.3, 0.4) is 0 Å². The highest BCUT2D eigenvalue weighted by atomic mass is 15.1. The minimum absolute atomic E-state index is 0.338. The van der Waals surface area contributed by atoms with Gasteiger partial charge >= 0.3 is 0 Å². The molecule has 2 unspecified atom stereocenters. The molecule has 2 N–H and O–H groups in total. The molecule has 2 atom stereocenters. The molecule has 2 heteroatoms. The second kappa shape index (κ2) is 4.97. The number of nitrogens with two attached hydrogens (primary N) is 1. The first kappa shape index (κ1) is 11.0. The molecule has 78 valence electrons. The molecule has 1 aliphatic rings. The summed E-state index contributed by atoms with van der Waals surface area (Å²) in [7, 11) is 2.21. The third kappa shape index (κ3) is 2.96. The van der Waals surface area contributed by atoms with E-state index in [0.29, 0.717) is 12.1 Å². The van der Waals surface area contributed by atoms with Crippen molar-refractivity contribution in [2.75, 3.05) is 13.6 Å².